The third-order valence-electron chi connectivity index (χ3n) is 4.53. The average molecular weight is 386 g/mol. The van der Waals surface area contributed by atoms with Crippen LogP contribution in [0.3, 0.4) is 0 Å². The molecule has 1 aromatic carbocycles. The molecule has 0 aliphatic carbocycles. The lowest BCUT2D eigenvalue weighted by Crippen LogP contribution is -2.44. The lowest BCUT2D eigenvalue weighted by molar-refractivity contribution is -0.136. The van der Waals surface area contributed by atoms with Crippen LogP contribution in [-0.4, -0.2) is 53.6 Å². The summed E-state index contributed by atoms with van der Waals surface area (Å²) in [6.07, 6.45) is 8.25. The standard InChI is InChI=1S/C20H22N2O4S/c1-26-16-10-8-15(9-11-16)6-5-7-17-19(24)22(20(25)27-17)14-18(23)21-12-3-2-4-13-21/h5-11H,2-4,12-14H2,1H3/b6-5+,17-7-. The molecule has 2 saturated heterocycles. The Labute approximate surface area is 162 Å². The van der Waals surface area contributed by atoms with Crippen LogP contribution < -0.4 is 4.74 Å². The fourth-order valence-corrected chi connectivity index (χ4v) is 3.78. The van der Waals surface area contributed by atoms with Crippen molar-refractivity contribution < 1.29 is 19.1 Å². The minimum atomic E-state index is -0.408. The molecular weight excluding hydrogens is 364 g/mol. The van der Waals surface area contributed by atoms with Crippen molar-refractivity contribution >= 4 is 34.9 Å². The van der Waals surface area contributed by atoms with Gasteiger partial charge in [0.05, 0.1) is 12.0 Å². The van der Waals surface area contributed by atoms with E-state index in [0.717, 1.165) is 47.2 Å². The van der Waals surface area contributed by atoms with Gasteiger partial charge in [0.1, 0.15) is 12.3 Å². The minimum absolute atomic E-state index is 0.160. The predicted molar refractivity (Wildman–Crippen MR) is 105 cm³/mol. The molecule has 6 nitrogen and oxygen atoms in total. The van der Waals surface area contributed by atoms with E-state index in [1.165, 1.54) is 0 Å². The number of hydrogen-bond donors (Lipinski definition) is 0. The summed E-state index contributed by atoms with van der Waals surface area (Å²) in [7, 11) is 1.61. The van der Waals surface area contributed by atoms with Crippen LogP contribution in [-0.2, 0) is 9.59 Å². The number of amides is 3. The van der Waals surface area contributed by atoms with Crippen LogP contribution in [0.1, 0.15) is 24.8 Å². The quantitative estimate of drug-likeness (QED) is 0.727. The molecule has 3 rings (SSSR count). The molecule has 0 unspecified atom stereocenters. The van der Waals surface area contributed by atoms with Crippen LogP contribution in [0.25, 0.3) is 6.08 Å². The van der Waals surface area contributed by atoms with Gasteiger partial charge < -0.3 is 9.64 Å². The van der Waals surface area contributed by atoms with Crippen molar-refractivity contribution in [3.05, 3.63) is 46.9 Å². The highest BCUT2D eigenvalue weighted by molar-refractivity contribution is 8.18. The number of benzene rings is 1. The smallest absolute Gasteiger partial charge is 0.294 e. The number of thioether (sulfide) groups is 1. The van der Waals surface area contributed by atoms with Gasteiger partial charge in [0, 0.05) is 13.1 Å². The summed E-state index contributed by atoms with van der Waals surface area (Å²) >= 11 is 0.868. The maximum absolute atomic E-state index is 12.5. The van der Waals surface area contributed by atoms with E-state index in [-0.39, 0.29) is 12.5 Å². The first-order valence-electron chi connectivity index (χ1n) is 8.92. The highest BCUT2D eigenvalue weighted by atomic mass is 32.2. The average Bonchev–Trinajstić information content (AvgIpc) is 2.96. The Morgan fingerprint density at radius 1 is 1.15 bits per heavy atom. The van der Waals surface area contributed by atoms with E-state index >= 15 is 0 Å². The summed E-state index contributed by atoms with van der Waals surface area (Å²) in [5.41, 5.74) is 0.951. The Hall–Kier alpha value is -2.54. The van der Waals surface area contributed by atoms with E-state index in [0.29, 0.717) is 18.0 Å². The third-order valence-corrected chi connectivity index (χ3v) is 5.45. The molecule has 0 spiro atoms. The van der Waals surface area contributed by atoms with Crippen molar-refractivity contribution in [3.63, 3.8) is 0 Å². The maximum Gasteiger partial charge on any atom is 0.294 e. The van der Waals surface area contributed by atoms with E-state index < -0.39 is 11.1 Å². The number of methoxy groups -OCH3 is 1. The molecule has 0 radical (unpaired) electrons. The van der Waals surface area contributed by atoms with Crippen molar-refractivity contribution in [2.45, 2.75) is 19.3 Å². The molecule has 2 aliphatic rings. The van der Waals surface area contributed by atoms with Crippen molar-refractivity contribution in [1.29, 1.82) is 0 Å². The number of imide groups is 1. The van der Waals surface area contributed by atoms with Gasteiger partial charge in [-0.1, -0.05) is 24.3 Å². The molecule has 3 amide bonds. The van der Waals surface area contributed by atoms with Gasteiger partial charge in [-0.3, -0.25) is 19.3 Å². The highest BCUT2D eigenvalue weighted by Crippen LogP contribution is 2.30. The summed E-state index contributed by atoms with van der Waals surface area (Å²) in [6.45, 7) is 1.23. The van der Waals surface area contributed by atoms with E-state index in [2.05, 4.69) is 0 Å². The SMILES string of the molecule is COc1ccc(/C=C/C=C2\SC(=O)N(CC(=O)N3CCCCC3)C2=O)cc1. The number of likely N-dealkylation sites (tertiary alicyclic amines) is 1. The summed E-state index contributed by atoms with van der Waals surface area (Å²) in [5, 5.41) is -0.394. The van der Waals surface area contributed by atoms with Gasteiger partial charge in [-0.25, -0.2) is 0 Å². The molecule has 27 heavy (non-hydrogen) atoms. The first-order valence-corrected chi connectivity index (χ1v) is 9.74. The fourth-order valence-electron chi connectivity index (χ4n) is 2.99. The largest absolute Gasteiger partial charge is 0.497 e. The number of nitrogens with zero attached hydrogens (tertiary/aromatic N) is 2. The topological polar surface area (TPSA) is 66.9 Å². The maximum atomic E-state index is 12.5. The molecule has 1 aromatic rings. The Balaban J connectivity index is 1.61. The number of piperidine rings is 1. The van der Waals surface area contributed by atoms with Crippen molar-refractivity contribution in [2.75, 3.05) is 26.7 Å². The van der Waals surface area contributed by atoms with Gasteiger partial charge in [-0.15, -0.1) is 0 Å². The van der Waals surface area contributed by atoms with Crippen LogP contribution in [0.15, 0.2) is 41.3 Å². The summed E-state index contributed by atoms with van der Waals surface area (Å²) in [6, 6.07) is 7.48. The molecule has 2 fully saturated rings. The predicted octanol–water partition coefficient (Wildman–Crippen LogP) is 3.30. The molecule has 0 atom stereocenters. The Kier molecular flexibility index (Phi) is 6.34. The molecule has 142 valence electrons. The monoisotopic (exact) mass is 386 g/mol. The number of allylic oxidation sites excluding steroid dienone is 2. The van der Waals surface area contributed by atoms with Gasteiger partial charge in [-0.05, 0) is 54.8 Å². The number of carbonyl (C=O) groups is 3. The van der Waals surface area contributed by atoms with E-state index in [1.54, 1.807) is 24.2 Å². The van der Waals surface area contributed by atoms with Gasteiger partial charge in [0.2, 0.25) is 5.91 Å². The third kappa shape index (κ3) is 4.80. The first-order chi connectivity index (χ1) is 13.1. The Morgan fingerprint density at radius 2 is 1.85 bits per heavy atom. The molecule has 2 aliphatic heterocycles. The van der Waals surface area contributed by atoms with Gasteiger partial charge in [-0.2, -0.15) is 0 Å². The van der Waals surface area contributed by atoms with Crippen molar-refractivity contribution in [2.24, 2.45) is 0 Å². The number of hydrogen-bond acceptors (Lipinski definition) is 5. The second kappa shape index (κ2) is 8.90. The lowest BCUT2D eigenvalue weighted by Gasteiger charge is -2.27. The minimum Gasteiger partial charge on any atom is -0.497 e. The number of carbonyl (C=O) groups excluding carboxylic acids is 3. The van der Waals surface area contributed by atoms with Crippen LogP contribution in [0, 0.1) is 0 Å². The van der Waals surface area contributed by atoms with Gasteiger partial charge in [0.25, 0.3) is 11.1 Å². The second-order valence-corrected chi connectivity index (χ2v) is 7.36. The summed E-state index contributed by atoms with van der Waals surface area (Å²) < 4.78 is 5.11. The van der Waals surface area contributed by atoms with E-state index in [9.17, 15) is 14.4 Å². The van der Waals surface area contributed by atoms with Gasteiger partial charge in [0.15, 0.2) is 0 Å². The molecule has 2 heterocycles. The Bertz CT molecular complexity index is 780. The summed E-state index contributed by atoms with van der Waals surface area (Å²) in [5.74, 6) is 0.202. The van der Waals surface area contributed by atoms with E-state index in [1.807, 2.05) is 30.3 Å². The highest BCUT2D eigenvalue weighted by Gasteiger charge is 2.36. The zero-order valence-corrected chi connectivity index (χ0v) is 16.0. The first kappa shape index (κ1) is 19.2. The van der Waals surface area contributed by atoms with Crippen molar-refractivity contribution in [1.82, 2.24) is 9.80 Å². The number of rotatable bonds is 5. The molecule has 7 heteroatoms. The normalized spacial score (nSPS) is 19.4. The lowest BCUT2D eigenvalue weighted by atomic mass is 10.1. The summed E-state index contributed by atoms with van der Waals surface area (Å²) in [4.78, 5) is 40.0. The van der Waals surface area contributed by atoms with Crippen LogP contribution >= 0.6 is 11.8 Å². The molecule has 0 bridgehead atoms. The zero-order chi connectivity index (χ0) is 19.2. The number of ether oxygens (including phenoxy) is 1. The fraction of sp³-hybridized carbons (Fsp3) is 0.350. The molecular formula is C20H22N2O4S. The van der Waals surface area contributed by atoms with E-state index in [4.69, 9.17) is 4.74 Å². The zero-order valence-electron chi connectivity index (χ0n) is 15.2. The Morgan fingerprint density at radius 3 is 2.52 bits per heavy atom. The molecule has 0 saturated carbocycles. The van der Waals surface area contributed by atoms with Crippen LogP contribution in [0.2, 0.25) is 0 Å². The van der Waals surface area contributed by atoms with Crippen LogP contribution in [0.5, 0.6) is 5.75 Å². The molecule has 0 N–H and O–H groups in total. The van der Waals surface area contributed by atoms with Crippen LogP contribution in [0.4, 0.5) is 4.79 Å². The van der Waals surface area contributed by atoms with Gasteiger partial charge >= 0.3 is 0 Å². The van der Waals surface area contributed by atoms with Crippen molar-refractivity contribution in [3.8, 4) is 5.75 Å². The second-order valence-electron chi connectivity index (χ2n) is 6.36. The molecule has 0 aromatic heterocycles.